The SMILES string of the molecule is CCCCOC(=O)N1CCCC1c1cc(C(=O)OC)cc2c(=O)cc(N3CCOCC3)oc12. The fraction of sp³-hybridized carbons (Fsp3) is 0.542. The molecule has 1 atom stereocenters. The van der Waals surface area contributed by atoms with E-state index in [0.717, 1.165) is 19.3 Å². The number of likely N-dealkylation sites (tertiary alicyclic amines) is 1. The number of carbonyl (C=O) groups excluding carboxylic acids is 2. The van der Waals surface area contributed by atoms with Crippen molar-refractivity contribution in [1.82, 2.24) is 4.90 Å². The monoisotopic (exact) mass is 458 g/mol. The van der Waals surface area contributed by atoms with Gasteiger partial charge in [-0.2, -0.15) is 0 Å². The van der Waals surface area contributed by atoms with Gasteiger partial charge in [0.25, 0.3) is 0 Å². The summed E-state index contributed by atoms with van der Waals surface area (Å²) >= 11 is 0. The number of morpholine rings is 1. The predicted molar refractivity (Wildman–Crippen MR) is 122 cm³/mol. The number of rotatable bonds is 6. The zero-order chi connectivity index (χ0) is 23.4. The number of carbonyl (C=O) groups is 2. The van der Waals surface area contributed by atoms with E-state index in [4.69, 9.17) is 18.6 Å². The summed E-state index contributed by atoms with van der Waals surface area (Å²) in [6.45, 7) is 5.26. The first kappa shape index (κ1) is 23.1. The van der Waals surface area contributed by atoms with Gasteiger partial charge in [-0.05, 0) is 31.4 Å². The van der Waals surface area contributed by atoms with Gasteiger partial charge < -0.3 is 28.4 Å². The van der Waals surface area contributed by atoms with Gasteiger partial charge in [0.1, 0.15) is 5.58 Å². The van der Waals surface area contributed by atoms with Crippen LogP contribution in [0.3, 0.4) is 0 Å². The highest BCUT2D eigenvalue weighted by Gasteiger charge is 2.34. The van der Waals surface area contributed by atoms with Crippen LogP contribution in [0, 0.1) is 0 Å². The van der Waals surface area contributed by atoms with Gasteiger partial charge >= 0.3 is 12.1 Å². The molecule has 0 saturated carbocycles. The van der Waals surface area contributed by atoms with Crippen LogP contribution in [0.5, 0.6) is 0 Å². The Morgan fingerprint density at radius 2 is 1.94 bits per heavy atom. The van der Waals surface area contributed by atoms with Crippen molar-refractivity contribution < 1.29 is 28.2 Å². The smallest absolute Gasteiger partial charge is 0.410 e. The molecular weight excluding hydrogens is 428 g/mol. The number of methoxy groups -OCH3 is 1. The molecule has 1 aromatic heterocycles. The second kappa shape index (κ2) is 10.2. The van der Waals surface area contributed by atoms with Gasteiger partial charge in [0.05, 0.1) is 43.9 Å². The Bertz CT molecular complexity index is 1070. The normalized spacial score (nSPS) is 18.5. The van der Waals surface area contributed by atoms with E-state index in [9.17, 15) is 14.4 Å². The number of unbranched alkanes of at least 4 members (excludes halogenated alkanes) is 1. The predicted octanol–water partition coefficient (Wildman–Crippen LogP) is 3.49. The molecule has 0 bridgehead atoms. The van der Waals surface area contributed by atoms with E-state index in [2.05, 4.69) is 0 Å². The minimum Gasteiger partial charge on any atom is -0.465 e. The van der Waals surface area contributed by atoms with Crippen molar-refractivity contribution in [3.8, 4) is 0 Å². The number of esters is 1. The van der Waals surface area contributed by atoms with Crippen LogP contribution in [-0.4, -0.2) is 63.5 Å². The number of hydrogen-bond acceptors (Lipinski definition) is 8. The van der Waals surface area contributed by atoms with Crippen molar-refractivity contribution >= 4 is 28.9 Å². The number of anilines is 1. The molecular formula is C24H30N2O7. The van der Waals surface area contributed by atoms with Gasteiger partial charge in [-0.3, -0.25) is 4.79 Å². The second-order valence-corrected chi connectivity index (χ2v) is 8.30. The molecule has 2 aromatic rings. The Kier molecular flexibility index (Phi) is 7.17. The third-order valence-electron chi connectivity index (χ3n) is 6.16. The highest BCUT2D eigenvalue weighted by molar-refractivity contribution is 5.95. The minimum absolute atomic E-state index is 0.248. The number of amides is 1. The van der Waals surface area contributed by atoms with E-state index in [0.29, 0.717) is 62.9 Å². The van der Waals surface area contributed by atoms with Gasteiger partial charge in [-0.15, -0.1) is 0 Å². The summed E-state index contributed by atoms with van der Waals surface area (Å²) in [5.41, 5.74) is 0.998. The van der Waals surface area contributed by atoms with Gasteiger partial charge in [-0.25, -0.2) is 9.59 Å². The third-order valence-corrected chi connectivity index (χ3v) is 6.16. The highest BCUT2D eigenvalue weighted by Crippen LogP contribution is 2.38. The van der Waals surface area contributed by atoms with Gasteiger partial charge in [0.2, 0.25) is 0 Å². The van der Waals surface area contributed by atoms with Gasteiger partial charge in [0, 0.05) is 31.3 Å². The number of fused-ring (bicyclic) bond motifs is 1. The third kappa shape index (κ3) is 4.83. The Morgan fingerprint density at radius 1 is 1.15 bits per heavy atom. The first-order valence-corrected chi connectivity index (χ1v) is 11.5. The number of ether oxygens (including phenoxy) is 3. The maximum absolute atomic E-state index is 13.1. The molecule has 0 aliphatic carbocycles. The molecule has 0 N–H and O–H groups in total. The largest absolute Gasteiger partial charge is 0.465 e. The topological polar surface area (TPSA) is 98.5 Å². The van der Waals surface area contributed by atoms with Crippen molar-refractivity contribution in [3.63, 3.8) is 0 Å². The molecule has 2 fully saturated rings. The van der Waals surface area contributed by atoms with Crippen LogP contribution in [0.25, 0.3) is 11.0 Å². The molecule has 1 aromatic carbocycles. The summed E-state index contributed by atoms with van der Waals surface area (Å²) in [5, 5.41) is 0.288. The van der Waals surface area contributed by atoms with Crippen LogP contribution in [0.4, 0.5) is 10.7 Å². The molecule has 1 unspecified atom stereocenters. The lowest BCUT2D eigenvalue weighted by Crippen LogP contribution is -2.36. The second-order valence-electron chi connectivity index (χ2n) is 8.30. The number of hydrogen-bond donors (Lipinski definition) is 0. The maximum Gasteiger partial charge on any atom is 0.410 e. The fourth-order valence-electron chi connectivity index (χ4n) is 4.39. The summed E-state index contributed by atoms with van der Waals surface area (Å²) < 4.78 is 22.0. The maximum atomic E-state index is 13.1. The van der Waals surface area contributed by atoms with E-state index >= 15 is 0 Å². The minimum atomic E-state index is -0.551. The van der Waals surface area contributed by atoms with Crippen molar-refractivity contribution in [2.45, 2.75) is 38.6 Å². The summed E-state index contributed by atoms with van der Waals surface area (Å²) in [6.07, 6.45) is 2.79. The number of benzene rings is 1. The van der Waals surface area contributed by atoms with E-state index in [1.807, 2.05) is 11.8 Å². The van der Waals surface area contributed by atoms with Crippen LogP contribution >= 0.6 is 0 Å². The molecule has 178 valence electrons. The van der Waals surface area contributed by atoms with E-state index in [1.54, 1.807) is 11.0 Å². The van der Waals surface area contributed by atoms with Crippen LogP contribution in [-0.2, 0) is 14.2 Å². The fourth-order valence-corrected chi connectivity index (χ4v) is 4.39. The molecule has 33 heavy (non-hydrogen) atoms. The lowest BCUT2D eigenvalue weighted by Gasteiger charge is -2.28. The average molecular weight is 459 g/mol. The summed E-state index contributed by atoms with van der Waals surface area (Å²) in [4.78, 5) is 41.9. The quantitative estimate of drug-likeness (QED) is 0.479. The van der Waals surface area contributed by atoms with Crippen molar-refractivity contribution in [1.29, 1.82) is 0 Å². The molecule has 0 spiro atoms. The highest BCUT2D eigenvalue weighted by atomic mass is 16.6. The molecule has 2 aliphatic rings. The van der Waals surface area contributed by atoms with E-state index in [1.165, 1.54) is 19.2 Å². The Morgan fingerprint density at radius 3 is 2.67 bits per heavy atom. The van der Waals surface area contributed by atoms with Crippen molar-refractivity contribution in [2.24, 2.45) is 0 Å². The summed E-state index contributed by atoms with van der Waals surface area (Å²) in [5.74, 6) is -0.0946. The van der Waals surface area contributed by atoms with Crippen molar-refractivity contribution in [3.05, 3.63) is 39.5 Å². The first-order valence-electron chi connectivity index (χ1n) is 11.5. The molecule has 0 radical (unpaired) electrons. The zero-order valence-corrected chi connectivity index (χ0v) is 19.1. The van der Waals surface area contributed by atoms with Gasteiger partial charge in [-0.1, -0.05) is 13.3 Å². The molecule has 9 nitrogen and oxygen atoms in total. The van der Waals surface area contributed by atoms with Crippen LogP contribution in [0.15, 0.2) is 27.4 Å². The van der Waals surface area contributed by atoms with E-state index in [-0.39, 0.29) is 22.4 Å². The van der Waals surface area contributed by atoms with E-state index < -0.39 is 12.1 Å². The lowest BCUT2D eigenvalue weighted by atomic mass is 9.98. The summed E-state index contributed by atoms with van der Waals surface area (Å²) in [6, 6.07) is 4.25. The molecule has 1 amide bonds. The van der Waals surface area contributed by atoms with Crippen LogP contribution < -0.4 is 10.3 Å². The average Bonchev–Trinajstić information content (AvgIpc) is 3.33. The Labute approximate surface area is 192 Å². The molecule has 9 heteroatoms. The van der Waals surface area contributed by atoms with Gasteiger partial charge in [0.15, 0.2) is 11.3 Å². The standard InChI is InChI=1S/C24H30N2O7/c1-3-4-10-32-24(29)26-7-5-6-19(26)17-13-16(23(28)30-2)14-18-20(27)15-21(33-22(17)18)25-8-11-31-12-9-25/h13-15,19H,3-12H2,1-2H3. The first-order chi connectivity index (χ1) is 16.0. The number of nitrogens with zero attached hydrogens (tertiary/aromatic N) is 2. The Balaban J connectivity index is 1.80. The van der Waals surface area contributed by atoms with Crippen LogP contribution in [0.2, 0.25) is 0 Å². The molecule has 3 heterocycles. The summed E-state index contributed by atoms with van der Waals surface area (Å²) in [7, 11) is 1.29. The van der Waals surface area contributed by atoms with Crippen LogP contribution in [0.1, 0.15) is 54.6 Å². The molecule has 2 aliphatic heterocycles. The molecule has 4 rings (SSSR count). The van der Waals surface area contributed by atoms with Crippen molar-refractivity contribution in [2.75, 3.05) is 51.5 Å². The zero-order valence-electron chi connectivity index (χ0n) is 19.1. The Hall–Kier alpha value is -3.07. The lowest BCUT2D eigenvalue weighted by molar-refractivity contribution is 0.0600. The molecule has 2 saturated heterocycles.